The average Bonchev–Trinajstić information content (AvgIpc) is 2.39. The number of Topliss-reactive ketones (excluding diaryl/α,β-unsaturated/α-hetero) is 1. The first-order valence-electron chi connectivity index (χ1n) is 5.80. The van der Waals surface area contributed by atoms with E-state index in [9.17, 15) is 4.79 Å². The lowest BCUT2D eigenvalue weighted by Gasteiger charge is -2.06. The van der Waals surface area contributed by atoms with Gasteiger partial charge in [0.25, 0.3) is 0 Å². The summed E-state index contributed by atoms with van der Waals surface area (Å²) in [6, 6.07) is 7.84. The molecular formula is C15H15NO. The number of carbonyl (C=O) groups excluding carboxylic acids is 1. The molecule has 86 valence electrons. The Hall–Kier alpha value is -1.96. The van der Waals surface area contributed by atoms with Crippen molar-refractivity contribution >= 4 is 16.6 Å². The molecule has 0 radical (unpaired) electrons. The van der Waals surface area contributed by atoms with E-state index in [-0.39, 0.29) is 5.78 Å². The predicted molar refractivity (Wildman–Crippen MR) is 70.1 cm³/mol. The molecule has 0 atom stereocenters. The number of rotatable bonds is 3. The van der Waals surface area contributed by atoms with Gasteiger partial charge in [0.15, 0.2) is 5.78 Å². The second-order valence-electron chi connectivity index (χ2n) is 3.90. The standard InChI is InChI=1S/C15H15NO/c1-3-11(4-2)15(17)14-10-16-9-12-7-5-6-8-13(12)14/h3,5-10H,4H2,1-2H3/b11-3-. The molecule has 0 fully saturated rings. The van der Waals surface area contributed by atoms with E-state index >= 15 is 0 Å². The highest BCUT2D eigenvalue weighted by atomic mass is 16.1. The minimum absolute atomic E-state index is 0.0827. The maximum atomic E-state index is 12.3. The molecule has 0 saturated carbocycles. The smallest absolute Gasteiger partial charge is 0.190 e. The topological polar surface area (TPSA) is 30.0 Å². The first-order valence-corrected chi connectivity index (χ1v) is 5.80. The monoisotopic (exact) mass is 225 g/mol. The fourth-order valence-electron chi connectivity index (χ4n) is 1.97. The van der Waals surface area contributed by atoms with Crippen molar-refractivity contribution in [2.24, 2.45) is 0 Å². The molecule has 0 amide bonds. The third-order valence-corrected chi connectivity index (χ3v) is 2.93. The Morgan fingerprint density at radius 1 is 1.29 bits per heavy atom. The molecule has 2 nitrogen and oxygen atoms in total. The van der Waals surface area contributed by atoms with Gasteiger partial charge < -0.3 is 0 Å². The molecule has 0 saturated heterocycles. The summed E-state index contributed by atoms with van der Waals surface area (Å²) >= 11 is 0. The lowest BCUT2D eigenvalue weighted by molar-refractivity contribution is 0.103. The lowest BCUT2D eigenvalue weighted by Crippen LogP contribution is -2.04. The lowest BCUT2D eigenvalue weighted by atomic mass is 9.98. The van der Waals surface area contributed by atoms with E-state index < -0.39 is 0 Å². The van der Waals surface area contributed by atoms with Crippen molar-refractivity contribution in [1.82, 2.24) is 4.98 Å². The molecule has 1 aromatic heterocycles. The molecule has 17 heavy (non-hydrogen) atoms. The Kier molecular flexibility index (Phi) is 3.33. The van der Waals surface area contributed by atoms with Crippen LogP contribution in [0.4, 0.5) is 0 Å². The van der Waals surface area contributed by atoms with Gasteiger partial charge in [-0.15, -0.1) is 0 Å². The van der Waals surface area contributed by atoms with Crippen molar-refractivity contribution in [3.8, 4) is 0 Å². The van der Waals surface area contributed by atoms with Gasteiger partial charge in [0.2, 0.25) is 0 Å². The SMILES string of the molecule is C/C=C(/CC)C(=O)c1cncc2ccccc12. The van der Waals surface area contributed by atoms with E-state index in [4.69, 9.17) is 0 Å². The van der Waals surface area contributed by atoms with Crippen molar-refractivity contribution in [2.45, 2.75) is 20.3 Å². The zero-order valence-electron chi connectivity index (χ0n) is 10.1. The molecule has 0 unspecified atom stereocenters. The van der Waals surface area contributed by atoms with Crippen LogP contribution in [-0.4, -0.2) is 10.8 Å². The molecule has 0 N–H and O–H groups in total. The highest BCUT2D eigenvalue weighted by Crippen LogP contribution is 2.20. The quantitative estimate of drug-likeness (QED) is 0.588. The third kappa shape index (κ3) is 2.11. The van der Waals surface area contributed by atoms with E-state index in [1.165, 1.54) is 0 Å². The van der Waals surface area contributed by atoms with Gasteiger partial charge in [0.05, 0.1) is 0 Å². The molecule has 0 aliphatic heterocycles. The summed E-state index contributed by atoms with van der Waals surface area (Å²) in [4.78, 5) is 16.4. The van der Waals surface area contributed by atoms with Gasteiger partial charge in [-0.1, -0.05) is 37.3 Å². The Bertz CT molecular complexity index is 579. The Morgan fingerprint density at radius 2 is 2.06 bits per heavy atom. The summed E-state index contributed by atoms with van der Waals surface area (Å²) in [5, 5.41) is 1.98. The summed E-state index contributed by atoms with van der Waals surface area (Å²) < 4.78 is 0. The number of fused-ring (bicyclic) bond motifs is 1. The second-order valence-corrected chi connectivity index (χ2v) is 3.90. The van der Waals surface area contributed by atoms with Crippen LogP contribution in [0.1, 0.15) is 30.6 Å². The van der Waals surface area contributed by atoms with Crippen LogP contribution in [0.15, 0.2) is 48.3 Å². The van der Waals surface area contributed by atoms with Crippen molar-refractivity contribution in [3.05, 3.63) is 53.9 Å². The number of nitrogens with zero attached hydrogens (tertiary/aromatic N) is 1. The van der Waals surface area contributed by atoms with Crippen LogP contribution in [0, 0.1) is 0 Å². The van der Waals surface area contributed by atoms with E-state index in [1.807, 2.05) is 44.2 Å². The van der Waals surface area contributed by atoms with E-state index in [1.54, 1.807) is 12.4 Å². The number of hydrogen-bond acceptors (Lipinski definition) is 2. The van der Waals surface area contributed by atoms with Crippen LogP contribution in [0.25, 0.3) is 10.8 Å². The summed E-state index contributed by atoms with van der Waals surface area (Å²) in [6.07, 6.45) is 6.07. The van der Waals surface area contributed by atoms with E-state index in [0.29, 0.717) is 5.56 Å². The van der Waals surface area contributed by atoms with Crippen LogP contribution in [0.5, 0.6) is 0 Å². The van der Waals surface area contributed by atoms with Gasteiger partial charge in [-0.05, 0) is 24.3 Å². The minimum Gasteiger partial charge on any atom is -0.289 e. The minimum atomic E-state index is 0.0827. The number of ketones is 1. The third-order valence-electron chi connectivity index (χ3n) is 2.93. The normalized spacial score (nSPS) is 11.8. The zero-order chi connectivity index (χ0) is 12.3. The molecule has 2 heteroatoms. The molecule has 0 bridgehead atoms. The number of aromatic nitrogens is 1. The maximum absolute atomic E-state index is 12.3. The van der Waals surface area contributed by atoms with Crippen molar-refractivity contribution in [1.29, 1.82) is 0 Å². The van der Waals surface area contributed by atoms with Gasteiger partial charge in [0.1, 0.15) is 0 Å². The molecule has 2 rings (SSSR count). The number of carbonyl (C=O) groups is 1. The highest BCUT2D eigenvalue weighted by molar-refractivity contribution is 6.15. The Balaban J connectivity index is 2.60. The Labute approximate surface area is 101 Å². The van der Waals surface area contributed by atoms with Crippen molar-refractivity contribution in [2.75, 3.05) is 0 Å². The molecule has 1 aromatic carbocycles. The van der Waals surface area contributed by atoms with Gasteiger partial charge in [0, 0.05) is 23.3 Å². The molecular weight excluding hydrogens is 210 g/mol. The Morgan fingerprint density at radius 3 is 2.76 bits per heavy atom. The summed E-state index contributed by atoms with van der Waals surface area (Å²) in [5.41, 5.74) is 1.53. The average molecular weight is 225 g/mol. The largest absolute Gasteiger partial charge is 0.289 e. The summed E-state index contributed by atoms with van der Waals surface area (Å²) in [6.45, 7) is 3.89. The molecule has 0 aliphatic rings. The fourth-order valence-corrected chi connectivity index (χ4v) is 1.97. The van der Waals surface area contributed by atoms with E-state index in [2.05, 4.69) is 4.98 Å². The summed E-state index contributed by atoms with van der Waals surface area (Å²) in [5.74, 6) is 0.0827. The molecule has 2 aromatic rings. The van der Waals surface area contributed by atoms with Crippen LogP contribution < -0.4 is 0 Å². The second kappa shape index (κ2) is 4.91. The van der Waals surface area contributed by atoms with Gasteiger partial charge >= 0.3 is 0 Å². The van der Waals surface area contributed by atoms with Crippen LogP contribution >= 0.6 is 0 Å². The first-order chi connectivity index (χ1) is 8.27. The first kappa shape index (κ1) is 11.5. The van der Waals surface area contributed by atoms with Gasteiger partial charge in [-0.2, -0.15) is 0 Å². The number of pyridine rings is 1. The van der Waals surface area contributed by atoms with E-state index in [0.717, 1.165) is 22.8 Å². The zero-order valence-corrected chi connectivity index (χ0v) is 10.1. The number of benzene rings is 1. The summed E-state index contributed by atoms with van der Waals surface area (Å²) in [7, 11) is 0. The fraction of sp³-hybridized carbons (Fsp3) is 0.200. The van der Waals surface area contributed by atoms with Gasteiger partial charge in [-0.25, -0.2) is 0 Å². The van der Waals surface area contributed by atoms with Crippen LogP contribution in [0.2, 0.25) is 0 Å². The number of hydrogen-bond donors (Lipinski definition) is 0. The molecule has 1 heterocycles. The molecule has 0 spiro atoms. The molecule has 0 aliphatic carbocycles. The number of allylic oxidation sites excluding steroid dienone is 2. The van der Waals surface area contributed by atoms with Crippen LogP contribution in [-0.2, 0) is 0 Å². The van der Waals surface area contributed by atoms with Crippen molar-refractivity contribution < 1.29 is 4.79 Å². The van der Waals surface area contributed by atoms with Crippen molar-refractivity contribution in [3.63, 3.8) is 0 Å². The van der Waals surface area contributed by atoms with Crippen LogP contribution in [0.3, 0.4) is 0 Å². The predicted octanol–water partition coefficient (Wildman–Crippen LogP) is 3.77. The maximum Gasteiger partial charge on any atom is 0.190 e. The highest BCUT2D eigenvalue weighted by Gasteiger charge is 2.13. The van der Waals surface area contributed by atoms with Gasteiger partial charge in [-0.3, -0.25) is 9.78 Å².